The number of nitrogens with one attached hydrogen (secondary N) is 1. The molecular weight excluding hydrogens is 290 g/mol. The monoisotopic (exact) mass is 311 g/mol. The number of carbonyl (C=O) groups excluding carboxylic acids is 1. The van der Waals surface area contributed by atoms with Crippen LogP contribution in [0.25, 0.3) is 0 Å². The molecule has 5 heteroatoms. The molecule has 1 amide bonds. The van der Waals surface area contributed by atoms with Gasteiger partial charge in [0.15, 0.2) is 6.10 Å². The zero-order chi connectivity index (χ0) is 15.2. The molecule has 2 N–H and O–H groups in total. The number of hydrogen-bond acceptors (Lipinski definition) is 3. The Kier molecular flexibility index (Phi) is 5.88. The number of carbonyl (C=O) groups is 1. The van der Waals surface area contributed by atoms with Gasteiger partial charge in [0, 0.05) is 18.6 Å². The molecule has 116 valence electrons. The number of benzene rings is 1. The Morgan fingerprint density at radius 3 is 2.86 bits per heavy atom. The summed E-state index contributed by atoms with van der Waals surface area (Å²) in [5, 5.41) is 12.9. The number of amides is 1. The van der Waals surface area contributed by atoms with Crippen LogP contribution in [0.5, 0.6) is 5.75 Å². The van der Waals surface area contributed by atoms with Crippen molar-refractivity contribution in [2.75, 3.05) is 6.61 Å². The van der Waals surface area contributed by atoms with E-state index >= 15 is 0 Å². The fraction of sp³-hybridized carbons (Fsp3) is 0.562. The summed E-state index contributed by atoms with van der Waals surface area (Å²) in [6.45, 7) is 1.82. The number of halogens is 1. The van der Waals surface area contributed by atoms with Gasteiger partial charge in [-0.15, -0.1) is 0 Å². The molecule has 0 heterocycles. The fourth-order valence-electron chi connectivity index (χ4n) is 2.70. The summed E-state index contributed by atoms with van der Waals surface area (Å²) in [5.41, 5.74) is 0. The second-order valence-electron chi connectivity index (χ2n) is 5.53. The molecule has 1 saturated carbocycles. The van der Waals surface area contributed by atoms with Crippen molar-refractivity contribution in [3.8, 4) is 5.75 Å². The van der Waals surface area contributed by atoms with E-state index in [1.807, 2.05) is 12.1 Å². The number of aliphatic hydroxyl groups excluding tert-OH is 1. The van der Waals surface area contributed by atoms with Crippen LogP contribution in [0.2, 0.25) is 5.02 Å². The minimum atomic E-state index is -0.619. The number of para-hydroxylation sites is 1. The highest BCUT2D eigenvalue weighted by Gasteiger charge is 2.27. The first-order valence-corrected chi connectivity index (χ1v) is 7.82. The van der Waals surface area contributed by atoms with Gasteiger partial charge in [-0.1, -0.05) is 36.6 Å². The molecule has 1 aromatic rings. The van der Waals surface area contributed by atoms with Crippen molar-refractivity contribution in [2.45, 2.75) is 44.8 Å². The molecule has 1 aliphatic carbocycles. The predicted molar refractivity (Wildman–Crippen MR) is 82.5 cm³/mol. The first-order valence-electron chi connectivity index (χ1n) is 7.44. The van der Waals surface area contributed by atoms with E-state index in [4.69, 9.17) is 16.3 Å². The molecule has 1 aliphatic rings. The summed E-state index contributed by atoms with van der Waals surface area (Å²) in [5.74, 6) is 0.486. The lowest BCUT2D eigenvalue weighted by molar-refractivity contribution is -0.128. The maximum absolute atomic E-state index is 12.2. The topological polar surface area (TPSA) is 58.6 Å². The molecule has 1 fully saturated rings. The summed E-state index contributed by atoms with van der Waals surface area (Å²) in [4.78, 5) is 12.2. The second kappa shape index (κ2) is 7.66. The van der Waals surface area contributed by atoms with Crippen molar-refractivity contribution in [3.05, 3.63) is 29.3 Å². The van der Waals surface area contributed by atoms with E-state index in [9.17, 15) is 9.90 Å². The highest BCUT2D eigenvalue weighted by molar-refractivity contribution is 6.32. The third kappa shape index (κ3) is 4.35. The number of ether oxygens (including phenoxy) is 1. The highest BCUT2D eigenvalue weighted by Crippen LogP contribution is 2.26. The van der Waals surface area contributed by atoms with Gasteiger partial charge in [-0.2, -0.15) is 0 Å². The third-order valence-corrected chi connectivity index (χ3v) is 4.29. The van der Waals surface area contributed by atoms with E-state index in [1.165, 1.54) is 0 Å². The Balaban J connectivity index is 1.91. The maximum atomic E-state index is 12.2. The number of aliphatic hydroxyl groups is 1. The summed E-state index contributed by atoms with van der Waals surface area (Å²) in [6, 6.07) is 7.13. The summed E-state index contributed by atoms with van der Waals surface area (Å²) < 4.78 is 5.61. The van der Waals surface area contributed by atoms with Gasteiger partial charge < -0.3 is 15.2 Å². The summed E-state index contributed by atoms with van der Waals surface area (Å²) in [7, 11) is 0. The smallest absolute Gasteiger partial charge is 0.261 e. The van der Waals surface area contributed by atoms with Crippen LogP contribution >= 0.6 is 11.6 Å². The largest absolute Gasteiger partial charge is 0.479 e. The van der Waals surface area contributed by atoms with Crippen LogP contribution in [0.1, 0.15) is 32.6 Å². The molecule has 0 saturated heterocycles. The Morgan fingerprint density at radius 1 is 1.43 bits per heavy atom. The summed E-state index contributed by atoms with van der Waals surface area (Å²) >= 11 is 6.02. The number of hydrogen-bond donors (Lipinski definition) is 2. The van der Waals surface area contributed by atoms with Gasteiger partial charge >= 0.3 is 0 Å². The molecule has 3 atom stereocenters. The molecule has 0 radical (unpaired) electrons. The van der Waals surface area contributed by atoms with E-state index in [2.05, 4.69) is 5.32 Å². The van der Waals surface area contributed by atoms with Crippen LogP contribution in [0, 0.1) is 5.92 Å². The molecule has 1 aromatic carbocycles. The van der Waals surface area contributed by atoms with Crippen LogP contribution < -0.4 is 10.1 Å². The van der Waals surface area contributed by atoms with Gasteiger partial charge in [0.2, 0.25) is 0 Å². The molecule has 4 nitrogen and oxygen atoms in total. The Hall–Kier alpha value is -1.26. The van der Waals surface area contributed by atoms with Crippen molar-refractivity contribution in [1.29, 1.82) is 0 Å². The van der Waals surface area contributed by atoms with Gasteiger partial charge in [0.25, 0.3) is 5.91 Å². The standard InChI is InChI=1S/C16H22ClNO3/c1-11(21-15-9-5-3-7-13(15)17)16(20)18-14-8-4-2-6-12(14)10-19/h3,5,7,9,11-12,14,19H,2,4,6,8,10H2,1H3,(H,18,20). The minimum absolute atomic E-state index is 0.0357. The van der Waals surface area contributed by atoms with E-state index in [0.29, 0.717) is 10.8 Å². The van der Waals surface area contributed by atoms with Crippen LogP contribution in [0.15, 0.2) is 24.3 Å². The molecule has 0 aliphatic heterocycles. The Morgan fingerprint density at radius 2 is 2.14 bits per heavy atom. The molecule has 2 rings (SSSR count). The fourth-order valence-corrected chi connectivity index (χ4v) is 2.88. The van der Waals surface area contributed by atoms with Gasteiger partial charge in [-0.25, -0.2) is 0 Å². The minimum Gasteiger partial charge on any atom is -0.479 e. The maximum Gasteiger partial charge on any atom is 0.261 e. The molecule has 0 spiro atoms. The molecular formula is C16H22ClNO3. The Bertz CT molecular complexity index is 480. The first-order chi connectivity index (χ1) is 10.1. The quantitative estimate of drug-likeness (QED) is 0.879. The van der Waals surface area contributed by atoms with Crippen molar-refractivity contribution in [3.63, 3.8) is 0 Å². The normalized spacial score (nSPS) is 23.4. The van der Waals surface area contributed by atoms with Crippen molar-refractivity contribution < 1.29 is 14.6 Å². The third-order valence-electron chi connectivity index (χ3n) is 3.98. The average Bonchev–Trinajstić information content (AvgIpc) is 2.50. The van der Waals surface area contributed by atoms with Crippen LogP contribution in [-0.4, -0.2) is 29.8 Å². The van der Waals surface area contributed by atoms with Gasteiger partial charge in [0.05, 0.1) is 5.02 Å². The average molecular weight is 312 g/mol. The molecule has 3 unspecified atom stereocenters. The first kappa shape index (κ1) is 16.1. The van der Waals surface area contributed by atoms with E-state index in [-0.39, 0.29) is 24.5 Å². The Labute approximate surface area is 130 Å². The molecule has 21 heavy (non-hydrogen) atoms. The van der Waals surface area contributed by atoms with E-state index in [1.54, 1.807) is 19.1 Å². The van der Waals surface area contributed by atoms with E-state index in [0.717, 1.165) is 25.7 Å². The zero-order valence-electron chi connectivity index (χ0n) is 12.2. The second-order valence-corrected chi connectivity index (χ2v) is 5.94. The van der Waals surface area contributed by atoms with Gasteiger partial charge in [-0.3, -0.25) is 4.79 Å². The van der Waals surface area contributed by atoms with Gasteiger partial charge in [-0.05, 0) is 31.9 Å². The predicted octanol–water partition coefficient (Wildman–Crippen LogP) is 2.77. The van der Waals surface area contributed by atoms with E-state index < -0.39 is 6.10 Å². The van der Waals surface area contributed by atoms with Gasteiger partial charge in [0.1, 0.15) is 5.75 Å². The summed E-state index contributed by atoms with van der Waals surface area (Å²) in [6.07, 6.45) is 3.45. The molecule has 0 aromatic heterocycles. The van der Waals surface area contributed by atoms with Crippen LogP contribution in [-0.2, 0) is 4.79 Å². The van der Waals surface area contributed by atoms with Crippen LogP contribution in [0.4, 0.5) is 0 Å². The van der Waals surface area contributed by atoms with Crippen molar-refractivity contribution in [2.24, 2.45) is 5.92 Å². The lowest BCUT2D eigenvalue weighted by Crippen LogP contribution is -2.47. The molecule has 0 bridgehead atoms. The van der Waals surface area contributed by atoms with Crippen molar-refractivity contribution in [1.82, 2.24) is 5.32 Å². The van der Waals surface area contributed by atoms with Crippen LogP contribution in [0.3, 0.4) is 0 Å². The lowest BCUT2D eigenvalue weighted by atomic mass is 9.85. The SMILES string of the molecule is CC(Oc1ccccc1Cl)C(=O)NC1CCCCC1CO. The van der Waals surface area contributed by atoms with Crippen molar-refractivity contribution >= 4 is 17.5 Å². The number of rotatable bonds is 5. The highest BCUT2D eigenvalue weighted by atomic mass is 35.5. The lowest BCUT2D eigenvalue weighted by Gasteiger charge is -2.31. The zero-order valence-corrected chi connectivity index (χ0v) is 13.0.